The molecule has 0 radical (unpaired) electrons. The molecule has 2 aromatic heterocycles. The van der Waals surface area contributed by atoms with Gasteiger partial charge in [-0.15, -0.1) is 10.2 Å². The molecule has 2 bridgehead atoms. The van der Waals surface area contributed by atoms with Crippen LogP contribution < -0.4 is 0 Å². The minimum Gasteiger partial charge on any atom is -0.493 e. The third-order valence-electron chi connectivity index (χ3n) is 6.74. The van der Waals surface area contributed by atoms with Crippen LogP contribution >= 0.6 is 0 Å². The number of azo groups is 1. The van der Waals surface area contributed by atoms with Crippen molar-refractivity contribution in [3.63, 3.8) is 0 Å². The Bertz CT molecular complexity index is 1160. The Labute approximate surface area is 181 Å². The Morgan fingerprint density at radius 3 is 2.77 bits per heavy atom. The Kier molecular flexibility index (Phi) is 4.55. The van der Waals surface area contributed by atoms with Gasteiger partial charge in [0.2, 0.25) is 5.88 Å². The maximum atomic E-state index is 12.2. The molecule has 7 nitrogen and oxygen atoms in total. The van der Waals surface area contributed by atoms with Gasteiger partial charge < -0.3 is 9.52 Å². The summed E-state index contributed by atoms with van der Waals surface area (Å²) in [6, 6.07) is 11.4. The van der Waals surface area contributed by atoms with E-state index >= 15 is 0 Å². The average molecular weight is 421 g/mol. The summed E-state index contributed by atoms with van der Waals surface area (Å²) in [5, 5.41) is 19.7. The zero-order valence-corrected chi connectivity index (χ0v) is 18.2. The summed E-state index contributed by atoms with van der Waals surface area (Å²) in [5.74, 6) is -0.431. The molecule has 162 valence electrons. The quantitative estimate of drug-likeness (QED) is 0.547. The van der Waals surface area contributed by atoms with Crippen LogP contribution in [-0.4, -0.2) is 33.1 Å². The van der Waals surface area contributed by atoms with Crippen molar-refractivity contribution < 1.29 is 14.3 Å². The third-order valence-corrected chi connectivity index (χ3v) is 6.74. The van der Waals surface area contributed by atoms with E-state index in [4.69, 9.17) is 4.42 Å². The number of carbonyl (C=O) groups is 1. The van der Waals surface area contributed by atoms with Crippen LogP contribution in [0.2, 0.25) is 0 Å². The van der Waals surface area contributed by atoms with E-state index in [0.29, 0.717) is 29.2 Å². The van der Waals surface area contributed by atoms with E-state index in [1.54, 1.807) is 6.07 Å². The lowest BCUT2D eigenvalue weighted by Crippen LogP contribution is -2.35. The SMILES string of the molecule is CC1(C)C[C@H]2C[C@@](C)(CN2Cn2c(O)c(N=NC(=O)c3ccco3)c3ccccc32)C1. The predicted molar refractivity (Wildman–Crippen MR) is 117 cm³/mol. The third kappa shape index (κ3) is 3.57. The van der Waals surface area contributed by atoms with Crippen LogP contribution in [0.5, 0.6) is 5.88 Å². The highest BCUT2D eigenvalue weighted by Crippen LogP contribution is 2.53. The molecule has 1 aliphatic heterocycles. The van der Waals surface area contributed by atoms with Crippen LogP contribution in [0.3, 0.4) is 0 Å². The van der Waals surface area contributed by atoms with E-state index in [2.05, 4.69) is 35.9 Å². The lowest BCUT2D eigenvalue weighted by atomic mass is 9.65. The highest BCUT2D eigenvalue weighted by Gasteiger charge is 2.49. The molecule has 3 aromatic rings. The van der Waals surface area contributed by atoms with Crippen LogP contribution in [0.1, 0.15) is 50.6 Å². The van der Waals surface area contributed by atoms with Gasteiger partial charge >= 0.3 is 5.91 Å². The van der Waals surface area contributed by atoms with Crippen molar-refractivity contribution in [2.75, 3.05) is 6.54 Å². The van der Waals surface area contributed by atoms with Crippen LogP contribution in [0.15, 0.2) is 57.3 Å². The summed E-state index contributed by atoms with van der Waals surface area (Å²) in [7, 11) is 0. The lowest BCUT2D eigenvalue weighted by molar-refractivity contribution is 0.0968. The van der Waals surface area contributed by atoms with E-state index in [0.717, 1.165) is 23.9 Å². The Morgan fingerprint density at radius 2 is 2.00 bits per heavy atom. The van der Waals surface area contributed by atoms with Crippen LogP contribution in [-0.2, 0) is 6.67 Å². The fraction of sp³-hybridized carbons (Fsp3) is 0.458. The van der Waals surface area contributed by atoms with Crippen molar-refractivity contribution in [3.05, 3.63) is 48.4 Å². The van der Waals surface area contributed by atoms with E-state index in [1.807, 2.05) is 28.8 Å². The number of amides is 1. The molecular weight excluding hydrogens is 392 g/mol. The summed E-state index contributed by atoms with van der Waals surface area (Å²) in [6.07, 6.45) is 4.99. The summed E-state index contributed by atoms with van der Waals surface area (Å²) in [6.45, 7) is 8.70. The Hall–Kier alpha value is -2.93. The van der Waals surface area contributed by atoms with Gasteiger partial charge in [0.15, 0.2) is 11.4 Å². The van der Waals surface area contributed by atoms with Gasteiger partial charge in [0.05, 0.1) is 18.4 Å². The molecule has 31 heavy (non-hydrogen) atoms. The normalized spacial score (nSPS) is 25.6. The summed E-state index contributed by atoms with van der Waals surface area (Å²) in [4.78, 5) is 14.7. The molecule has 1 aliphatic carbocycles. The summed E-state index contributed by atoms with van der Waals surface area (Å²) >= 11 is 0. The molecule has 3 heterocycles. The van der Waals surface area contributed by atoms with E-state index in [-0.39, 0.29) is 11.6 Å². The maximum absolute atomic E-state index is 12.2. The number of para-hydroxylation sites is 1. The fourth-order valence-electron chi connectivity index (χ4n) is 5.98. The van der Waals surface area contributed by atoms with Crippen molar-refractivity contribution in [1.82, 2.24) is 9.47 Å². The number of benzene rings is 1. The number of likely N-dealkylation sites (tertiary alicyclic amines) is 1. The molecule has 2 aliphatic rings. The number of rotatable bonds is 4. The minimum absolute atomic E-state index is 0.0306. The zero-order chi connectivity index (χ0) is 21.8. The molecule has 1 aromatic carbocycles. The summed E-state index contributed by atoms with van der Waals surface area (Å²) in [5.41, 5.74) is 1.83. The van der Waals surface area contributed by atoms with Gasteiger partial charge in [0.25, 0.3) is 0 Å². The number of hydrogen-bond donors (Lipinski definition) is 1. The number of hydrogen-bond acceptors (Lipinski definition) is 5. The number of carbonyl (C=O) groups excluding carboxylic acids is 1. The molecule has 0 unspecified atom stereocenters. The maximum Gasteiger partial charge on any atom is 0.331 e. The fourth-order valence-corrected chi connectivity index (χ4v) is 5.98. The first-order valence-electron chi connectivity index (χ1n) is 10.8. The second-order valence-electron chi connectivity index (χ2n) is 10.2. The lowest BCUT2D eigenvalue weighted by Gasteiger charge is -2.40. The number of furan rings is 1. The minimum atomic E-state index is -0.579. The largest absolute Gasteiger partial charge is 0.493 e. The van der Waals surface area contributed by atoms with Gasteiger partial charge in [0, 0.05) is 18.0 Å². The highest BCUT2D eigenvalue weighted by molar-refractivity contribution is 5.96. The van der Waals surface area contributed by atoms with Crippen molar-refractivity contribution in [1.29, 1.82) is 0 Å². The second kappa shape index (κ2) is 7.05. The zero-order valence-electron chi connectivity index (χ0n) is 18.2. The number of nitrogens with zero attached hydrogens (tertiary/aromatic N) is 4. The van der Waals surface area contributed by atoms with Crippen molar-refractivity contribution in [2.45, 2.75) is 52.7 Å². The monoisotopic (exact) mass is 420 g/mol. The first-order valence-corrected chi connectivity index (χ1v) is 10.8. The molecule has 2 fully saturated rings. The van der Waals surface area contributed by atoms with Gasteiger partial charge in [-0.3, -0.25) is 14.3 Å². The molecular formula is C24H28N4O3. The topological polar surface area (TPSA) is 83.3 Å². The molecule has 1 amide bonds. The van der Waals surface area contributed by atoms with Gasteiger partial charge in [-0.2, -0.15) is 0 Å². The summed E-state index contributed by atoms with van der Waals surface area (Å²) < 4.78 is 6.97. The van der Waals surface area contributed by atoms with E-state index < -0.39 is 5.91 Å². The number of aromatic nitrogens is 1. The van der Waals surface area contributed by atoms with Crippen LogP contribution in [0.4, 0.5) is 5.69 Å². The van der Waals surface area contributed by atoms with E-state index in [1.165, 1.54) is 25.2 Å². The first kappa shape index (κ1) is 20.0. The molecule has 1 saturated carbocycles. The van der Waals surface area contributed by atoms with Crippen LogP contribution in [0.25, 0.3) is 10.9 Å². The van der Waals surface area contributed by atoms with Gasteiger partial charge in [-0.25, -0.2) is 0 Å². The molecule has 1 saturated heterocycles. The van der Waals surface area contributed by atoms with Gasteiger partial charge in [-0.05, 0) is 48.3 Å². The van der Waals surface area contributed by atoms with Gasteiger partial charge in [-0.1, -0.05) is 39.0 Å². The molecule has 0 spiro atoms. The average Bonchev–Trinajstić information content (AvgIpc) is 3.37. The smallest absolute Gasteiger partial charge is 0.331 e. The second-order valence-corrected chi connectivity index (χ2v) is 10.2. The predicted octanol–water partition coefficient (Wildman–Crippen LogP) is 5.72. The van der Waals surface area contributed by atoms with Crippen molar-refractivity contribution >= 4 is 22.5 Å². The Balaban J connectivity index is 1.48. The molecule has 7 heteroatoms. The van der Waals surface area contributed by atoms with Crippen molar-refractivity contribution in [3.8, 4) is 5.88 Å². The van der Waals surface area contributed by atoms with Gasteiger partial charge in [0.1, 0.15) is 0 Å². The first-order chi connectivity index (χ1) is 14.7. The Morgan fingerprint density at radius 1 is 1.19 bits per heavy atom. The number of fused-ring (bicyclic) bond motifs is 3. The highest BCUT2D eigenvalue weighted by atomic mass is 16.3. The standard InChI is InChI=1S/C24H28N4O3/c1-23(2)11-16-12-24(3,13-23)14-27(16)15-28-18-8-5-4-7-17(18)20(22(28)30)25-26-21(29)19-9-6-10-31-19/h4-10,16,30H,11-15H2,1-3H3/t16-,24+/m0/s1. The number of aromatic hydroxyl groups is 1. The molecule has 5 rings (SSSR count). The van der Waals surface area contributed by atoms with Crippen LogP contribution in [0, 0.1) is 10.8 Å². The van der Waals surface area contributed by atoms with Crippen molar-refractivity contribution in [2.24, 2.45) is 21.1 Å². The van der Waals surface area contributed by atoms with E-state index in [9.17, 15) is 9.90 Å². The molecule has 2 atom stereocenters. The molecule has 1 N–H and O–H groups in total.